The average molecular weight is 329 g/mol. The quantitative estimate of drug-likeness (QED) is 0.900. The molecule has 1 saturated heterocycles. The number of rotatable bonds is 4. The molecule has 2 heterocycles. The number of nitrogens with one attached hydrogen (secondary N) is 1. The van der Waals surface area contributed by atoms with E-state index in [2.05, 4.69) is 5.32 Å². The van der Waals surface area contributed by atoms with Gasteiger partial charge in [-0.3, -0.25) is 14.5 Å². The summed E-state index contributed by atoms with van der Waals surface area (Å²) in [6.07, 6.45) is 1.73. The molecule has 7 heteroatoms. The Bertz CT molecular complexity index is 729. The van der Waals surface area contributed by atoms with Crippen molar-refractivity contribution in [2.75, 3.05) is 22.9 Å². The Kier molecular flexibility index (Phi) is 3.44. The Labute approximate surface area is 139 Å². The van der Waals surface area contributed by atoms with E-state index in [4.69, 9.17) is 4.74 Å². The van der Waals surface area contributed by atoms with Crippen molar-refractivity contribution < 1.29 is 19.1 Å². The van der Waals surface area contributed by atoms with Gasteiger partial charge in [0.15, 0.2) is 0 Å². The maximum absolute atomic E-state index is 12.2. The van der Waals surface area contributed by atoms with Gasteiger partial charge in [-0.2, -0.15) is 0 Å². The number of fused-ring (bicyclic) bond motifs is 1. The van der Waals surface area contributed by atoms with Crippen LogP contribution in [-0.2, 0) is 20.7 Å². The smallest absolute Gasteiger partial charge is 0.414 e. The summed E-state index contributed by atoms with van der Waals surface area (Å²) < 4.78 is 5.28. The molecule has 2 fully saturated rings. The summed E-state index contributed by atoms with van der Waals surface area (Å²) in [4.78, 5) is 38.7. The van der Waals surface area contributed by atoms with Crippen LogP contribution in [0.15, 0.2) is 18.2 Å². The molecule has 1 aromatic carbocycles. The molecule has 1 atom stereocenters. The second-order valence-electron chi connectivity index (χ2n) is 6.54. The molecule has 1 aliphatic carbocycles. The van der Waals surface area contributed by atoms with Gasteiger partial charge in [-0.05, 0) is 36.6 Å². The fraction of sp³-hybridized carbons (Fsp3) is 0.471. The number of ether oxygens (including phenoxy) is 1. The number of cyclic esters (lactones) is 1. The lowest BCUT2D eigenvalue weighted by molar-refractivity contribution is -0.119. The number of benzene rings is 1. The Morgan fingerprint density at radius 2 is 2.12 bits per heavy atom. The molecule has 0 spiro atoms. The van der Waals surface area contributed by atoms with Gasteiger partial charge in [-0.1, -0.05) is 0 Å². The van der Waals surface area contributed by atoms with E-state index in [1.165, 1.54) is 6.92 Å². The van der Waals surface area contributed by atoms with Crippen LogP contribution < -0.4 is 15.1 Å². The molecular weight excluding hydrogens is 310 g/mol. The van der Waals surface area contributed by atoms with Gasteiger partial charge in [0.05, 0.1) is 19.5 Å². The normalized spacial score (nSPS) is 22.6. The van der Waals surface area contributed by atoms with Crippen molar-refractivity contribution in [3.63, 3.8) is 0 Å². The highest BCUT2D eigenvalue weighted by Crippen LogP contribution is 2.40. The van der Waals surface area contributed by atoms with Crippen LogP contribution in [0.3, 0.4) is 0 Å². The zero-order valence-electron chi connectivity index (χ0n) is 13.4. The van der Waals surface area contributed by atoms with Gasteiger partial charge >= 0.3 is 6.09 Å². The van der Waals surface area contributed by atoms with Gasteiger partial charge in [0.2, 0.25) is 11.8 Å². The van der Waals surface area contributed by atoms with E-state index in [0.717, 1.165) is 29.8 Å². The van der Waals surface area contributed by atoms with Crippen molar-refractivity contribution in [3.05, 3.63) is 23.8 Å². The zero-order valence-corrected chi connectivity index (χ0v) is 13.4. The first kappa shape index (κ1) is 15.0. The minimum Gasteiger partial charge on any atom is -0.442 e. The third-order valence-corrected chi connectivity index (χ3v) is 4.61. The SMILES string of the molecule is CC(=O)NC[C@H]1CN(c2ccc3c(c2)CC(=O)N3C2CC2)C(=O)O1. The predicted molar refractivity (Wildman–Crippen MR) is 87.0 cm³/mol. The van der Waals surface area contributed by atoms with Gasteiger partial charge in [0, 0.05) is 24.3 Å². The monoisotopic (exact) mass is 329 g/mol. The van der Waals surface area contributed by atoms with E-state index < -0.39 is 6.09 Å². The third-order valence-electron chi connectivity index (χ3n) is 4.61. The average Bonchev–Trinajstić information content (AvgIpc) is 3.21. The van der Waals surface area contributed by atoms with Crippen molar-refractivity contribution in [2.45, 2.75) is 38.3 Å². The number of anilines is 2. The minimum absolute atomic E-state index is 0.136. The summed E-state index contributed by atoms with van der Waals surface area (Å²) in [5.74, 6) is -0.0158. The van der Waals surface area contributed by atoms with Crippen LogP contribution >= 0.6 is 0 Å². The molecule has 24 heavy (non-hydrogen) atoms. The lowest BCUT2D eigenvalue weighted by Crippen LogP contribution is -2.33. The summed E-state index contributed by atoms with van der Waals surface area (Å²) in [7, 11) is 0. The van der Waals surface area contributed by atoms with E-state index in [1.54, 1.807) is 4.90 Å². The van der Waals surface area contributed by atoms with Crippen molar-refractivity contribution in [1.82, 2.24) is 5.32 Å². The van der Waals surface area contributed by atoms with Gasteiger partial charge in [-0.25, -0.2) is 4.79 Å². The predicted octanol–water partition coefficient (Wildman–Crippen LogP) is 1.20. The fourth-order valence-electron chi connectivity index (χ4n) is 3.33. The van der Waals surface area contributed by atoms with Crippen LogP contribution in [0.2, 0.25) is 0 Å². The number of carbonyl (C=O) groups excluding carboxylic acids is 3. The molecule has 0 bridgehead atoms. The maximum Gasteiger partial charge on any atom is 0.414 e. The van der Waals surface area contributed by atoms with Gasteiger partial charge in [0.1, 0.15) is 6.10 Å². The van der Waals surface area contributed by atoms with Crippen LogP contribution in [-0.4, -0.2) is 43.1 Å². The Hall–Kier alpha value is -2.57. The second-order valence-corrected chi connectivity index (χ2v) is 6.54. The van der Waals surface area contributed by atoms with Crippen LogP contribution in [0.25, 0.3) is 0 Å². The first-order valence-electron chi connectivity index (χ1n) is 8.20. The number of amides is 3. The van der Waals surface area contributed by atoms with Crippen molar-refractivity contribution in [2.24, 2.45) is 0 Å². The summed E-state index contributed by atoms with van der Waals surface area (Å²) in [6.45, 7) is 2.12. The fourth-order valence-corrected chi connectivity index (χ4v) is 3.33. The van der Waals surface area contributed by atoms with E-state index in [0.29, 0.717) is 25.6 Å². The highest BCUT2D eigenvalue weighted by atomic mass is 16.6. The molecule has 1 saturated carbocycles. The zero-order chi connectivity index (χ0) is 16.8. The lowest BCUT2D eigenvalue weighted by atomic mass is 10.1. The number of hydrogen-bond acceptors (Lipinski definition) is 4. The Morgan fingerprint density at radius 3 is 2.83 bits per heavy atom. The van der Waals surface area contributed by atoms with Crippen molar-refractivity contribution >= 4 is 29.3 Å². The van der Waals surface area contributed by atoms with Crippen molar-refractivity contribution in [1.29, 1.82) is 0 Å². The molecule has 0 unspecified atom stereocenters. The molecule has 0 aromatic heterocycles. The molecular formula is C17H19N3O4. The topological polar surface area (TPSA) is 79.0 Å². The highest BCUT2D eigenvalue weighted by Gasteiger charge is 2.39. The summed E-state index contributed by atoms with van der Waals surface area (Å²) in [6, 6.07) is 6.03. The largest absolute Gasteiger partial charge is 0.442 e. The molecule has 3 aliphatic rings. The van der Waals surface area contributed by atoms with Crippen LogP contribution in [0.1, 0.15) is 25.3 Å². The van der Waals surface area contributed by atoms with E-state index in [1.807, 2.05) is 23.1 Å². The molecule has 126 valence electrons. The Balaban J connectivity index is 1.51. The molecule has 1 N–H and O–H groups in total. The van der Waals surface area contributed by atoms with Crippen molar-refractivity contribution in [3.8, 4) is 0 Å². The van der Waals surface area contributed by atoms with Crippen LogP contribution in [0.4, 0.5) is 16.2 Å². The standard InChI is InChI=1S/C17H19N3O4/c1-10(21)18-8-14-9-19(17(23)24-14)13-4-5-15-11(6-13)7-16(22)20(15)12-2-3-12/h4-6,12,14H,2-3,7-9H2,1H3,(H,18,21)/t14-/m0/s1. The van der Waals surface area contributed by atoms with Gasteiger partial charge < -0.3 is 15.0 Å². The first-order valence-corrected chi connectivity index (χ1v) is 8.20. The lowest BCUT2D eigenvalue weighted by Gasteiger charge is -2.18. The maximum atomic E-state index is 12.2. The van der Waals surface area contributed by atoms with Crippen LogP contribution in [0.5, 0.6) is 0 Å². The highest BCUT2D eigenvalue weighted by molar-refractivity contribution is 6.03. The number of carbonyl (C=O) groups is 3. The van der Waals surface area contributed by atoms with Gasteiger partial charge in [-0.15, -0.1) is 0 Å². The van der Waals surface area contributed by atoms with E-state index in [-0.39, 0.29) is 17.9 Å². The Morgan fingerprint density at radius 1 is 1.33 bits per heavy atom. The van der Waals surface area contributed by atoms with E-state index >= 15 is 0 Å². The van der Waals surface area contributed by atoms with Gasteiger partial charge in [0.25, 0.3) is 0 Å². The van der Waals surface area contributed by atoms with E-state index in [9.17, 15) is 14.4 Å². The number of hydrogen-bond donors (Lipinski definition) is 1. The van der Waals surface area contributed by atoms with Crippen LogP contribution in [0, 0.1) is 0 Å². The summed E-state index contributed by atoms with van der Waals surface area (Å²) >= 11 is 0. The summed E-state index contributed by atoms with van der Waals surface area (Å²) in [5.41, 5.74) is 2.66. The number of nitrogens with zero attached hydrogens (tertiary/aromatic N) is 2. The molecule has 3 amide bonds. The molecule has 1 aromatic rings. The molecule has 7 nitrogen and oxygen atoms in total. The summed E-state index contributed by atoms with van der Waals surface area (Å²) in [5, 5.41) is 2.66. The molecule has 4 rings (SSSR count). The first-order chi connectivity index (χ1) is 11.5. The second kappa shape index (κ2) is 5.51. The minimum atomic E-state index is -0.423. The third kappa shape index (κ3) is 2.60. The molecule has 2 aliphatic heterocycles. The molecule has 0 radical (unpaired) electrons.